The minimum Gasteiger partial charge on any atom is -0.326 e. The third-order valence-corrected chi connectivity index (χ3v) is 5.70. The van der Waals surface area contributed by atoms with E-state index in [2.05, 4.69) is 15.8 Å². The van der Waals surface area contributed by atoms with E-state index in [1.807, 2.05) is 0 Å². The molecule has 0 aliphatic carbocycles. The normalized spacial score (nSPS) is 11.7. The summed E-state index contributed by atoms with van der Waals surface area (Å²) in [5, 5.41) is 7.10. The van der Waals surface area contributed by atoms with Crippen molar-refractivity contribution in [2.45, 2.75) is 20.8 Å². The van der Waals surface area contributed by atoms with E-state index in [-0.39, 0.29) is 5.91 Å². The molecule has 0 radical (unpaired) electrons. The molecule has 0 atom stereocenters. The van der Waals surface area contributed by atoms with Gasteiger partial charge in [0, 0.05) is 17.6 Å². The molecule has 0 saturated heterocycles. The van der Waals surface area contributed by atoms with Crippen molar-refractivity contribution in [2.75, 3.05) is 22.4 Å². The van der Waals surface area contributed by atoms with Gasteiger partial charge in [0.25, 0.3) is 5.91 Å². The SMILES string of the molecule is CC(=O)Nc1ccc(/C(C)=N\NC(=O)CN(c2cccc(Cl)c2C)S(C)(=O)=O)cc1. The molecule has 8 nitrogen and oxygen atoms in total. The van der Waals surface area contributed by atoms with Crippen molar-refractivity contribution >= 4 is 50.5 Å². The Morgan fingerprint density at radius 3 is 2.30 bits per heavy atom. The monoisotopic (exact) mass is 450 g/mol. The summed E-state index contributed by atoms with van der Waals surface area (Å²) in [5.41, 5.74) is 5.14. The number of halogens is 1. The number of carbonyl (C=O) groups excluding carboxylic acids is 2. The molecule has 30 heavy (non-hydrogen) atoms. The number of nitrogens with one attached hydrogen (secondary N) is 2. The highest BCUT2D eigenvalue weighted by atomic mass is 35.5. The summed E-state index contributed by atoms with van der Waals surface area (Å²) in [5.74, 6) is -0.778. The molecule has 0 saturated carbocycles. The zero-order valence-electron chi connectivity index (χ0n) is 17.1. The maximum atomic E-state index is 12.4. The first-order valence-corrected chi connectivity index (χ1v) is 11.2. The lowest BCUT2D eigenvalue weighted by Gasteiger charge is -2.23. The van der Waals surface area contributed by atoms with Gasteiger partial charge in [-0.1, -0.05) is 29.8 Å². The van der Waals surface area contributed by atoms with Crippen molar-refractivity contribution < 1.29 is 18.0 Å². The van der Waals surface area contributed by atoms with Crippen LogP contribution in [0.4, 0.5) is 11.4 Å². The number of nitrogens with zero attached hydrogens (tertiary/aromatic N) is 2. The number of hydrogen-bond acceptors (Lipinski definition) is 5. The Morgan fingerprint density at radius 1 is 1.10 bits per heavy atom. The summed E-state index contributed by atoms with van der Waals surface area (Å²) in [6.07, 6.45) is 1.02. The van der Waals surface area contributed by atoms with Crippen molar-refractivity contribution in [2.24, 2.45) is 5.10 Å². The van der Waals surface area contributed by atoms with Crippen molar-refractivity contribution in [3.63, 3.8) is 0 Å². The van der Waals surface area contributed by atoms with E-state index in [1.54, 1.807) is 56.3 Å². The van der Waals surface area contributed by atoms with Crippen LogP contribution in [0.2, 0.25) is 5.02 Å². The minimum atomic E-state index is -3.73. The van der Waals surface area contributed by atoms with E-state index >= 15 is 0 Å². The number of benzene rings is 2. The van der Waals surface area contributed by atoms with E-state index in [9.17, 15) is 18.0 Å². The van der Waals surface area contributed by atoms with Crippen LogP contribution < -0.4 is 15.0 Å². The van der Waals surface area contributed by atoms with Gasteiger partial charge >= 0.3 is 0 Å². The first kappa shape index (κ1) is 23.4. The van der Waals surface area contributed by atoms with Gasteiger partial charge in [-0.2, -0.15) is 5.10 Å². The van der Waals surface area contributed by atoms with Gasteiger partial charge in [-0.15, -0.1) is 0 Å². The standard InChI is InChI=1S/C20H23ClN4O4S/c1-13-18(21)6-5-7-19(13)25(30(4,28)29)12-20(27)24-23-14(2)16-8-10-17(11-9-16)22-15(3)26/h5-11H,12H2,1-4H3,(H,22,26)(H,24,27)/b23-14-. The molecule has 0 bridgehead atoms. The van der Waals surface area contributed by atoms with Crippen LogP contribution in [0, 0.1) is 6.92 Å². The van der Waals surface area contributed by atoms with Crippen LogP contribution in [0.15, 0.2) is 47.6 Å². The topological polar surface area (TPSA) is 108 Å². The Hall–Kier alpha value is -2.91. The van der Waals surface area contributed by atoms with Gasteiger partial charge < -0.3 is 5.32 Å². The number of carbonyl (C=O) groups is 2. The molecular weight excluding hydrogens is 428 g/mol. The number of sulfonamides is 1. The Labute approximate surface area is 181 Å². The maximum Gasteiger partial charge on any atom is 0.260 e. The molecule has 0 heterocycles. The molecule has 2 aromatic carbocycles. The second kappa shape index (κ2) is 9.73. The fourth-order valence-electron chi connectivity index (χ4n) is 2.62. The molecule has 0 aliphatic rings. The first-order chi connectivity index (χ1) is 14.0. The van der Waals surface area contributed by atoms with Crippen molar-refractivity contribution in [1.82, 2.24) is 5.43 Å². The molecule has 2 aromatic rings. The summed E-state index contributed by atoms with van der Waals surface area (Å²) in [4.78, 5) is 23.4. The van der Waals surface area contributed by atoms with Crippen LogP contribution in [-0.4, -0.2) is 38.7 Å². The number of rotatable bonds is 7. The summed E-state index contributed by atoms with van der Waals surface area (Å²) < 4.78 is 25.5. The number of hydrazone groups is 1. The molecular formula is C20H23ClN4O4S. The highest BCUT2D eigenvalue weighted by molar-refractivity contribution is 7.92. The predicted octanol–water partition coefficient (Wildman–Crippen LogP) is 2.91. The third-order valence-electron chi connectivity index (χ3n) is 4.17. The fourth-order valence-corrected chi connectivity index (χ4v) is 3.70. The molecule has 2 rings (SSSR count). The lowest BCUT2D eigenvalue weighted by atomic mass is 10.1. The van der Waals surface area contributed by atoms with Gasteiger partial charge in [0.15, 0.2) is 0 Å². The Bertz CT molecular complexity index is 1080. The second-order valence-corrected chi connectivity index (χ2v) is 8.96. The predicted molar refractivity (Wildman–Crippen MR) is 119 cm³/mol. The molecule has 2 N–H and O–H groups in total. The molecule has 2 amide bonds. The highest BCUT2D eigenvalue weighted by Gasteiger charge is 2.23. The zero-order valence-corrected chi connectivity index (χ0v) is 18.6. The van der Waals surface area contributed by atoms with E-state index in [0.29, 0.717) is 27.7 Å². The minimum absolute atomic E-state index is 0.175. The summed E-state index contributed by atoms with van der Waals surface area (Å²) in [7, 11) is -3.73. The number of hydrogen-bond donors (Lipinski definition) is 2. The van der Waals surface area contributed by atoms with Crippen molar-refractivity contribution in [3.8, 4) is 0 Å². The highest BCUT2D eigenvalue weighted by Crippen LogP contribution is 2.27. The smallest absolute Gasteiger partial charge is 0.260 e. The Morgan fingerprint density at radius 2 is 1.73 bits per heavy atom. The van der Waals surface area contributed by atoms with Crippen LogP contribution in [0.1, 0.15) is 25.0 Å². The zero-order chi connectivity index (χ0) is 22.5. The lowest BCUT2D eigenvalue weighted by molar-refractivity contribution is -0.119. The van der Waals surface area contributed by atoms with Gasteiger partial charge in [0.2, 0.25) is 15.9 Å². The Kier molecular flexibility index (Phi) is 7.58. The van der Waals surface area contributed by atoms with Gasteiger partial charge in [-0.25, -0.2) is 13.8 Å². The van der Waals surface area contributed by atoms with Crippen LogP contribution >= 0.6 is 11.6 Å². The third kappa shape index (κ3) is 6.30. The fraction of sp³-hybridized carbons (Fsp3) is 0.250. The molecule has 10 heteroatoms. The summed E-state index contributed by atoms with van der Waals surface area (Å²) in [6, 6.07) is 11.8. The first-order valence-electron chi connectivity index (χ1n) is 8.93. The average molecular weight is 451 g/mol. The van der Waals surface area contributed by atoms with E-state index in [1.165, 1.54) is 6.92 Å². The lowest BCUT2D eigenvalue weighted by Crippen LogP contribution is -2.39. The molecule has 0 unspecified atom stereocenters. The molecule has 0 aromatic heterocycles. The van der Waals surface area contributed by atoms with Crippen LogP contribution in [0.3, 0.4) is 0 Å². The van der Waals surface area contributed by atoms with Gasteiger partial charge in [-0.3, -0.25) is 13.9 Å². The van der Waals surface area contributed by atoms with Crippen LogP contribution in [-0.2, 0) is 19.6 Å². The van der Waals surface area contributed by atoms with E-state index in [4.69, 9.17) is 11.6 Å². The quantitative estimate of drug-likeness (QED) is 0.499. The molecule has 0 spiro atoms. The van der Waals surface area contributed by atoms with Crippen LogP contribution in [0.25, 0.3) is 0 Å². The van der Waals surface area contributed by atoms with E-state index in [0.717, 1.165) is 16.1 Å². The van der Waals surface area contributed by atoms with Crippen LogP contribution in [0.5, 0.6) is 0 Å². The maximum absolute atomic E-state index is 12.4. The second-order valence-electron chi connectivity index (χ2n) is 6.64. The average Bonchev–Trinajstić information content (AvgIpc) is 2.66. The van der Waals surface area contributed by atoms with Gasteiger partial charge in [0.1, 0.15) is 6.54 Å². The van der Waals surface area contributed by atoms with Gasteiger partial charge in [0.05, 0.1) is 17.7 Å². The molecule has 160 valence electrons. The molecule has 0 aliphatic heterocycles. The van der Waals surface area contributed by atoms with Gasteiger partial charge in [-0.05, 0) is 49.2 Å². The summed E-state index contributed by atoms with van der Waals surface area (Å²) >= 11 is 6.09. The number of anilines is 2. The Balaban J connectivity index is 2.13. The van der Waals surface area contributed by atoms with Crippen molar-refractivity contribution in [1.29, 1.82) is 0 Å². The summed E-state index contributed by atoms with van der Waals surface area (Å²) in [6.45, 7) is 4.35. The largest absolute Gasteiger partial charge is 0.326 e. The van der Waals surface area contributed by atoms with E-state index < -0.39 is 22.5 Å². The van der Waals surface area contributed by atoms with Crippen molar-refractivity contribution in [3.05, 3.63) is 58.6 Å². The molecule has 0 fully saturated rings. The number of amides is 2.